The third kappa shape index (κ3) is 3.25. The van der Waals surface area contributed by atoms with Gasteiger partial charge >= 0.3 is 0 Å². The van der Waals surface area contributed by atoms with Crippen molar-refractivity contribution in [3.05, 3.63) is 6.92 Å². The maximum absolute atomic E-state index is 5.51. The van der Waals surface area contributed by atoms with Crippen molar-refractivity contribution in [3.63, 3.8) is 0 Å². The molecule has 0 aliphatic carbocycles. The monoisotopic (exact) mass is 183 g/mol. The number of rotatable bonds is 4. The van der Waals surface area contributed by atoms with Crippen LogP contribution in [0.5, 0.6) is 0 Å². The van der Waals surface area contributed by atoms with Crippen LogP contribution in [-0.2, 0) is 4.74 Å². The van der Waals surface area contributed by atoms with Crippen LogP contribution in [0.4, 0.5) is 0 Å². The van der Waals surface area contributed by atoms with E-state index in [1.54, 1.807) is 0 Å². The number of hydrogen-bond donors (Lipinski definition) is 0. The van der Waals surface area contributed by atoms with Gasteiger partial charge in [0.2, 0.25) is 5.90 Å². The Morgan fingerprint density at radius 2 is 2.38 bits per heavy atom. The quantitative estimate of drug-likeness (QED) is 0.667. The van der Waals surface area contributed by atoms with Crippen molar-refractivity contribution in [2.45, 2.75) is 39.3 Å². The Labute approximate surface area is 80.8 Å². The molecule has 0 saturated heterocycles. The van der Waals surface area contributed by atoms with E-state index in [2.05, 4.69) is 18.9 Å². The van der Waals surface area contributed by atoms with E-state index in [0.29, 0.717) is 5.92 Å². The minimum absolute atomic E-state index is 0.152. The lowest BCUT2D eigenvalue weighted by atomic mass is 10.1. The number of hydrogen-bond acceptors (Lipinski definition) is 3. The molecule has 2 atom stereocenters. The normalized spacial score (nSPS) is 22.1. The van der Waals surface area contributed by atoms with Crippen LogP contribution in [-0.4, -0.2) is 24.2 Å². The van der Waals surface area contributed by atoms with Crippen LogP contribution in [0.15, 0.2) is 5.10 Å². The molecule has 75 valence electrons. The molecule has 0 bridgehead atoms. The molecule has 0 N–H and O–H groups in total. The first-order valence-corrected chi connectivity index (χ1v) is 4.87. The minimum Gasteiger partial charge on any atom is -0.455 e. The highest BCUT2D eigenvalue weighted by Crippen LogP contribution is 2.17. The zero-order valence-electron chi connectivity index (χ0n) is 8.79. The van der Waals surface area contributed by atoms with Gasteiger partial charge in [0.1, 0.15) is 0 Å². The minimum atomic E-state index is 0.152. The first-order valence-electron chi connectivity index (χ1n) is 4.87. The molecule has 3 nitrogen and oxygen atoms in total. The SMILES string of the molecule is [CH2]C(C)CCCC1OC(C)=NN1C. The second-order valence-electron chi connectivity index (χ2n) is 3.80. The summed E-state index contributed by atoms with van der Waals surface area (Å²) in [5.41, 5.74) is 0. The zero-order valence-corrected chi connectivity index (χ0v) is 8.79. The fourth-order valence-electron chi connectivity index (χ4n) is 1.47. The third-order valence-corrected chi connectivity index (χ3v) is 2.17. The first kappa shape index (κ1) is 10.4. The van der Waals surface area contributed by atoms with Crippen LogP contribution in [0.3, 0.4) is 0 Å². The van der Waals surface area contributed by atoms with Crippen LogP contribution in [0.2, 0.25) is 0 Å². The Morgan fingerprint density at radius 1 is 1.69 bits per heavy atom. The summed E-state index contributed by atoms with van der Waals surface area (Å²) >= 11 is 0. The summed E-state index contributed by atoms with van der Waals surface area (Å²) in [6.45, 7) is 7.98. The molecule has 3 heteroatoms. The van der Waals surface area contributed by atoms with Crippen LogP contribution < -0.4 is 0 Å². The second-order valence-corrected chi connectivity index (χ2v) is 3.80. The van der Waals surface area contributed by atoms with Gasteiger partial charge in [-0.25, -0.2) is 0 Å². The topological polar surface area (TPSA) is 24.8 Å². The highest BCUT2D eigenvalue weighted by atomic mass is 16.5. The van der Waals surface area contributed by atoms with Gasteiger partial charge in [-0.05, 0) is 12.3 Å². The summed E-state index contributed by atoms with van der Waals surface area (Å²) in [7, 11) is 1.95. The second kappa shape index (κ2) is 4.49. The van der Waals surface area contributed by atoms with Gasteiger partial charge in [0.15, 0.2) is 6.23 Å². The summed E-state index contributed by atoms with van der Waals surface area (Å²) in [6, 6.07) is 0. The molecule has 0 aromatic heterocycles. The molecule has 1 rings (SSSR count). The molecule has 0 aromatic carbocycles. The van der Waals surface area contributed by atoms with Crippen molar-refractivity contribution in [2.75, 3.05) is 7.05 Å². The largest absolute Gasteiger partial charge is 0.455 e. The van der Waals surface area contributed by atoms with Crippen molar-refractivity contribution in [1.29, 1.82) is 0 Å². The molecule has 1 aliphatic heterocycles. The predicted octanol–water partition coefficient (Wildman–Crippen LogP) is 2.25. The van der Waals surface area contributed by atoms with E-state index < -0.39 is 0 Å². The molecule has 0 aromatic rings. The molecule has 1 aliphatic rings. The average Bonchev–Trinajstić information content (AvgIpc) is 2.29. The van der Waals surface area contributed by atoms with Gasteiger partial charge in [0, 0.05) is 20.4 Å². The molecule has 2 unspecified atom stereocenters. The maximum Gasteiger partial charge on any atom is 0.205 e. The lowest BCUT2D eigenvalue weighted by molar-refractivity contribution is 0.0660. The standard InChI is InChI=1S/C10H19N2O/c1-8(2)6-5-7-10-12(4)11-9(3)13-10/h8,10H,1,5-7H2,2-4H3. The number of nitrogens with zero attached hydrogens (tertiary/aromatic N) is 2. The van der Waals surface area contributed by atoms with Gasteiger partial charge < -0.3 is 4.74 Å². The summed E-state index contributed by atoms with van der Waals surface area (Å²) in [6.07, 6.45) is 3.51. The molecule has 0 amide bonds. The molecular weight excluding hydrogens is 164 g/mol. The molecule has 1 heterocycles. The van der Waals surface area contributed by atoms with Crippen molar-refractivity contribution in [2.24, 2.45) is 11.0 Å². The Hall–Kier alpha value is -0.730. The van der Waals surface area contributed by atoms with E-state index in [1.807, 2.05) is 19.0 Å². The fourth-order valence-corrected chi connectivity index (χ4v) is 1.47. The fraction of sp³-hybridized carbons (Fsp3) is 0.800. The van der Waals surface area contributed by atoms with E-state index in [0.717, 1.165) is 25.2 Å². The van der Waals surface area contributed by atoms with Gasteiger partial charge in [-0.3, -0.25) is 5.01 Å². The molecule has 13 heavy (non-hydrogen) atoms. The van der Waals surface area contributed by atoms with E-state index in [1.165, 1.54) is 0 Å². The van der Waals surface area contributed by atoms with E-state index >= 15 is 0 Å². The highest BCUT2D eigenvalue weighted by Gasteiger charge is 2.21. The van der Waals surface area contributed by atoms with Gasteiger partial charge in [0.25, 0.3) is 0 Å². The van der Waals surface area contributed by atoms with Gasteiger partial charge in [0.05, 0.1) is 0 Å². The maximum atomic E-state index is 5.51. The molecule has 0 spiro atoms. The molecule has 0 saturated carbocycles. The lowest BCUT2D eigenvalue weighted by Crippen LogP contribution is -2.24. The van der Waals surface area contributed by atoms with Gasteiger partial charge in [-0.1, -0.05) is 20.3 Å². The Balaban J connectivity index is 2.17. The van der Waals surface area contributed by atoms with Crippen molar-refractivity contribution in [3.8, 4) is 0 Å². The van der Waals surface area contributed by atoms with Crippen LogP contribution in [0.25, 0.3) is 0 Å². The molecule has 1 radical (unpaired) electrons. The molecular formula is C10H19N2O. The van der Waals surface area contributed by atoms with Crippen molar-refractivity contribution < 1.29 is 4.74 Å². The smallest absolute Gasteiger partial charge is 0.205 e. The Bertz CT molecular complexity index is 189. The van der Waals surface area contributed by atoms with Crippen LogP contribution in [0, 0.1) is 12.8 Å². The Kier molecular flexibility index (Phi) is 3.58. The van der Waals surface area contributed by atoms with Gasteiger partial charge in [-0.2, -0.15) is 0 Å². The summed E-state index contributed by atoms with van der Waals surface area (Å²) in [4.78, 5) is 0. The van der Waals surface area contributed by atoms with Crippen molar-refractivity contribution in [1.82, 2.24) is 5.01 Å². The third-order valence-electron chi connectivity index (χ3n) is 2.17. The highest BCUT2D eigenvalue weighted by molar-refractivity contribution is 5.74. The number of hydrazone groups is 1. The van der Waals surface area contributed by atoms with Crippen LogP contribution in [0.1, 0.15) is 33.1 Å². The molecule has 0 fully saturated rings. The van der Waals surface area contributed by atoms with Crippen molar-refractivity contribution >= 4 is 5.90 Å². The zero-order chi connectivity index (χ0) is 9.84. The number of ether oxygens (including phenoxy) is 1. The van der Waals surface area contributed by atoms with E-state index in [4.69, 9.17) is 4.74 Å². The summed E-state index contributed by atoms with van der Waals surface area (Å²) in [5, 5.41) is 6.07. The van der Waals surface area contributed by atoms with Crippen LogP contribution >= 0.6 is 0 Å². The summed E-state index contributed by atoms with van der Waals surface area (Å²) < 4.78 is 5.51. The predicted molar refractivity (Wildman–Crippen MR) is 54.1 cm³/mol. The Morgan fingerprint density at radius 3 is 2.85 bits per heavy atom. The lowest BCUT2D eigenvalue weighted by Gasteiger charge is -2.17. The van der Waals surface area contributed by atoms with E-state index in [-0.39, 0.29) is 6.23 Å². The summed E-state index contributed by atoms with van der Waals surface area (Å²) in [5.74, 6) is 1.31. The average molecular weight is 183 g/mol. The first-order chi connectivity index (χ1) is 6.09. The van der Waals surface area contributed by atoms with Gasteiger partial charge in [-0.15, -0.1) is 5.10 Å². The van der Waals surface area contributed by atoms with E-state index in [9.17, 15) is 0 Å².